The molecule has 0 aliphatic carbocycles. The van der Waals surface area contributed by atoms with Crippen LogP contribution < -0.4 is 10.6 Å². The summed E-state index contributed by atoms with van der Waals surface area (Å²) in [7, 11) is 0. The van der Waals surface area contributed by atoms with Gasteiger partial charge in [-0.3, -0.25) is 4.79 Å². The van der Waals surface area contributed by atoms with E-state index < -0.39 is 12.1 Å². The summed E-state index contributed by atoms with van der Waals surface area (Å²) < 4.78 is 4.64. The number of carbonyl (C=O) groups excluding carboxylic acids is 2. The molecule has 17 heavy (non-hydrogen) atoms. The molecule has 1 aromatic rings. The van der Waals surface area contributed by atoms with E-state index in [2.05, 4.69) is 15.4 Å². The summed E-state index contributed by atoms with van der Waals surface area (Å²) in [6.45, 7) is 1.85. The highest BCUT2D eigenvalue weighted by Crippen LogP contribution is 2.23. The minimum atomic E-state index is -0.652. The Morgan fingerprint density at radius 2 is 2.35 bits per heavy atom. The maximum Gasteiger partial charge on any atom is 0.407 e. The number of nitrogens with one attached hydrogen (secondary N) is 2. The predicted octanol–water partition coefficient (Wildman–Crippen LogP) is 1.70. The molecule has 1 unspecified atom stereocenters. The van der Waals surface area contributed by atoms with Gasteiger partial charge in [0.05, 0.1) is 0 Å². The van der Waals surface area contributed by atoms with Crippen LogP contribution in [0.4, 0.5) is 10.5 Å². The third kappa shape index (κ3) is 2.50. The highest BCUT2D eigenvalue weighted by Gasteiger charge is 2.28. The summed E-state index contributed by atoms with van der Waals surface area (Å²) in [5.74, 6) is -0.318. The molecule has 1 aliphatic rings. The van der Waals surface area contributed by atoms with E-state index in [1.165, 1.54) is 0 Å². The van der Waals surface area contributed by atoms with Gasteiger partial charge in [-0.2, -0.15) is 0 Å². The van der Waals surface area contributed by atoms with Gasteiger partial charge in [0.2, 0.25) is 0 Å². The minimum Gasteiger partial charge on any atom is -0.447 e. The van der Waals surface area contributed by atoms with Crippen LogP contribution in [0.1, 0.15) is 5.56 Å². The molecule has 0 bridgehead atoms. The third-order valence-corrected chi connectivity index (χ3v) is 2.92. The van der Waals surface area contributed by atoms with Gasteiger partial charge in [0, 0.05) is 10.7 Å². The second kappa shape index (κ2) is 4.63. The van der Waals surface area contributed by atoms with Crippen molar-refractivity contribution in [1.82, 2.24) is 5.32 Å². The average Bonchev–Trinajstić information content (AvgIpc) is 2.72. The highest BCUT2D eigenvalue weighted by atomic mass is 35.5. The first-order chi connectivity index (χ1) is 8.08. The Balaban J connectivity index is 2.08. The number of amides is 2. The van der Waals surface area contributed by atoms with E-state index in [-0.39, 0.29) is 12.5 Å². The van der Waals surface area contributed by atoms with Crippen molar-refractivity contribution in [2.75, 3.05) is 11.9 Å². The smallest absolute Gasteiger partial charge is 0.407 e. The summed E-state index contributed by atoms with van der Waals surface area (Å²) in [5.41, 5.74) is 1.41. The normalized spacial score (nSPS) is 18.5. The van der Waals surface area contributed by atoms with E-state index >= 15 is 0 Å². The lowest BCUT2D eigenvalue weighted by Crippen LogP contribution is -2.38. The Morgan fingerprint density at radius 1 is 1.59 bits per heavy atom. The molecule has 90 valence electrons. The number of alkyl carbamates (subject to hydrolysis) is 1. The van der Waals surface area contributed by atoms with Crippen molar-refractivity contribution in [3.05, 3.63) is 28.8 Å². The van der Waals surface area contributed by atoms with Crippen LogP contribution in [0, 0.1) is 6.92 Å². The van der Waals surface area contributed by atoms with Crippen LogP contribution in [0.15, 0.2) is 18.2 Å². The van der Waals surface area contributed by atoms with E-state index in [0.717, 1.165) is 5.56 Å². The number of anilines is 1. The van der Waals surface area contributed by atoms with Crippen LogP contribution in [-0.2, 0) is 9.53 Å². The highest BCUT2D eigenvalue weighted by molar-refractivity contribution is 6.31. The zero-order chi connectivity index (χ0) is 12.4. The lowest BCUT2D eigenvalue weighted by Gasteiger charge is -2.11. The van der Waals surface area contributed by atoms with Gasteiger partial charge in [0.15, 0.2) is 0 Å². The second-order valence-electron chi connectivity index (χ2n) is 3.70. The van der Waals surface area contributed by atoms with Crippen molar-refractivity contribution in [2.45, 2.75) is 13.0 Å². The van der Waals surface area contributed by atoms with Gasteiger partial charge in [-0.1, -0.05) is 17.7 Å². The van der Waals surface area contributed by atoms with E-state index in [4.69, 9.17) is 11.6 Å². The summed E-state index contributed by atoms with van der Waals surface area (Å²) >= 11 is 5.93. The molecule has 1 aliphatic heterocycles. The summed E-state index contributed by atoms with van der Waals surface area (Å²) in [4.78, 5) is 22.6. The number of ether oxygens (including phenoxy) is 1. The van der Waals surface area contributed by atoms with Crippen molar-refractivity contribution in [3.8, 4) is 0 Å². The Hall–Kier alpha value is -1.75. The molecule has 6 heteroatoms. The quantitative estimate of drug-likeness (QED) is 0.844. The zero-order valence-corrected chi connectivity index (χ0v) is 9.88. The third-order valence-electron chi connectivity index (χ3n) is 2.52. The van der Waals surface area contributed by atoms with Crippen LogP contribution in [0.25, 0.3) is 0 Å². The van der Waals surface area contributed by atoms with Gasteiger partial charge in [-0.15, -0.1) is 0 Å². The molecule has 0 aromatic heterocycles. The average molecular weight is 255 g/mol. The minimum absolute atomic E-state index is 0.0459. The molecular weight excluding hydrogens is 244 g/mol. The number of cyclic esters (lactones) is 1. The first kappa shape index (κ1) is 11.7. The van der Waals surface area contributed by atoms with Crippen molar-refractivity contribution in [2.24, 2.45) is 0 Å². The van der Waals surface area contributed by atoms with E-state index in [1.807, 2.05) is 6.92 Å². The lowest BCUT2D eigenvalue weighted by atomic mass is 10.2. The van der Waals surface area contributed by atoms with Crippen LogP contribution in [0.2, 0.25) is 5.02 Å². The number of benzene rings is 1. The van der Waals surface area contributed by atoms with Gasteiger partial charge in [0.1, 0.15) is 12.6 Å². The van der Waals surface area contributed by atoms with Gasteiger partial charge >= 0.3 is 6.09 Å². The number of hydrogen-bond acceptors (Lipinski definition) is 3. The van der Waals surface area contributed by atoms with E-state index in [0.29, 0.717) is 10.7 Å². The SMILES string of the molecule is Cc1c(Cl)cccc1NC(=O)C1COC(=O)N1. The van der Waals surface area contributed by atoms with Crippen LogP contribution >= 0.6 is 11.6 Å². The van der Waals surface area contributed by atoms with Crippen LogP contribution in [0.5, 0.6) is 0 Å². The molecule has 1 atom stereocenters. The Labute approximate surface area is 103 Å². The van der Waals surface area contributed by atoms with Crippen molar-refractivity contribution in [1.29, 1.82) is 0 Å². The van der Waals surface area contributed by atoms with Crippen LogP contribution in [-0.4, -0.2) is 24.6 Å². The predicted molar refractivity (Wildman–Crippen MR) is 63.1 cm³/mol. The molecule has 0 radical (unpaired) electrons. The number of halogens is 1. The molecular formula is C11H11ClN2O3. The standard InChI is InChI=1S/C11H11ClN2O3/c1-6-7(12)3-2-4-8(6)13-10(15)9-5-17-11(16)14-9/h2-4,9H,5H2,1H3,(H,13,15)(H,14,16). The Morgan fingerprint density at radius 3 is 3.00 bits per heavy atom. The topological polar surface area (TPSA) is 67.4 Å². The van der Waals surface area contributed by atoms with Gasteiger partial charge < -0.3 is 15.4 Å². The fourth-order valence-corrected chi connectivity index (χ4v) is 1.66. The Kier molecular flexibility index (Phi) is 3.19. The van der Waals surface area contributed by atoms with Crippen molar-refractivity contribution in [3.63, 3.8) is 0 Å². The molecule has 2 amide bonds. The number of hydrogen-bond donors (Lipinski definition) is 2. The Bertz CT molecular complexity index is 476. The van der Waals surface area contributed by atoms with E-state index in [9.17, 15) is 9.59 Å². The molecule has 2 N–H and O–H groups in total. The lowest BCUT2D eigenvalue weighted by molar-refractivity contribution is -0.117. The largest absolute Gasteiger partial charge is 0.447 e. The first-order valence-corrected chi connectivity index (χ1v) is 5.45. The molecule has 1 saturated heterocycles. The molecule has 2 rings (SSSR count). The molecule has 0 saturated carbocycles. The second-order valence-corrected chi connectivity index (χ2v) is 4.10. The van der Waals surface area contributed by atoms with E-state index in [1.54, 1.807) is 18.2 Å². The van der Waals surface area contributed by atoms with Gasteiger partial charge in [-0.05, 0) is 24.6 Å². The molecule has 1 fully saturated rings. The molecule has 1 aromatic carbocycles. The summed E-state index contributed by atoms with van der Waals surface area (Å²) in [6.07, 6.45) is -0.576. The van der Waals surface area contributed by atoms with Crippen molar-refractivity contribution >= 4 is 29.3 Å². The first-order valence-electron chi connectivity index (χ1n) is 5.07. The zero-order valence-electron chi connectivity index (χ0n) is 9.12. The van der Waals surface area contributed by atoms with Gasteiger partial charge in [0.25, 0.3) is 5.91 Å². The monoisotopic (exact) mass is 254 g/mol. The summed E-state index contributed by atoms with van der Waals surface area (Å²) in [5, 5.41) is 5.68. The molecule has 1 heterocycles. The fourth-order valence-electron chi connectivity index (χ4n) is 1.49. The van der Waals surface area contributed by atoms with Crippen LogP contribution in [0.3, 0.4) is 0 Å². The number of carbonyl (C=O) groups is 2. The molecule has 5 nitrogen and oxygen atoms in total. The fraction of sp³-hybridized carbons (Fsp3) is 0.273. The van der Waals surface area contributed by atoms with Crippen molar-refractivity contribution < 1.29 is 14.3 Å². The maximum atomic E-state index is 11.8. The maximum absolute atomic E-state index is 11.8. The summed E-state index contributed by atoms with van der Waals surface area (Å²) in [6, 6.07) is 4.58. The molecule has 0 spiro atoms. The van der Waals surface area contributed by atoms with Gasteiger partial charge in [-0.25, -0.2) is 4.79 Å². The number of rotatable bonds is 2.